The number of aryl methyl sites for hydroxylation is 1. The standard InChI is InChI=1S/C44H57NO8/c1-10-31(22-24-37(52-28-33-19-15-12-16-20-33)30(3)51-27-32-17-13-11-14-18-32)21-23-36(46)40-39-34(25-29(2)41(40)49-8)42(50-9)35(26-38(39)48-7)45-43(47)53-44(4,5)6/h11-20,22,24-26,30-31,36-37,46H,10,21,23,27-28H2,1-9H3,(H,45,47)/t30-,31+,36?,37-/m0/s1. The van der Waals surface area contributed by atoms with E-state index in [2.05, 4.69) is 48.7 Å². The molecule has 0 heterocycles. The molecule has 53 heavy (non-hydrogen) atoms. The summed E-state index contributed by atoms with van der Waals surface area (Å²) in [7, 11) is 4.69. The molecule has 0 radical (unpaired) electrons. The van der Waals surface area contributed by atoms with Gasteiger partial charge in [-0.1, -0.05) is 79.7 Å². The second-order valence-corrected chi connectivity index (χ2v) is 14.3. The van der Waals surface area contributed by atoms with Gasteiger partial charge in [0.2, 0.25) is 0 Å². The fourth-order valence-electron chi connectivity index (χ4n) is 6.39. The molecule has 1 amide bonds. The summed E-state index contributed by atoms with van der Waals surface area (Å²) >= 11 is 0. The zero-order chi connectivity index (χ0) is 38.5. The smallest absolute Gasteiger partial charge is 0.412 e. The zero-order valence-electron chi connectivity index (χ0n) is 32.7. The van der Waals surface area contributed by atoms with Gasteiger partial charge >= 0.3 is 6.09 Å². The average molecular weight is 728 g/mol. The molecule has 0 aliphatic carbocycles. The van der Waals surface area contributed by atoms with Crippen molar-refractivity contribution in [1.29, 1.82) is 0 Å². The first kappa shape index (κ1) is 41.2. The molecule has 0 aliphatic rings. The lowest BCUT2D eigenvalue weighted by Gasteiger charge is -2.25. The van der Waals surface area contributed by atoms with Gasteiger partial charge in [0.05, 0.1) is 52.4 Å². The van der Waals surface area contributed by atoms with Crippen LogP contribution in [0.5, 0.6) is 17.2 Å². The van der Waals surface area contributed by atoms with Gasteiger partial charge in [-0.25, -0.2) is 4.79 Å². The molecule has 0 spiro atoms. The topological polar surface area (TPSA) is 105 Å². The number of allylic oxidation sites excluding steroid dienone is 1. The van der Waals surface area contributed by atoms with E-state index >= 15 is 0 Å². The number of carbonyl (C=O) groups excluding carboxylic acids is 1. The van der Waals surface area contributed by atoms with E-state index in [1.807, 2.05) is 56.3 Å². The van der Waals surface area contributed by atoms with Gasteiger partial charge < -0.3 is 33.5 Å². The molecular formula is C44H57NO8. The second-order valence-electron chi connectivity index (χ2n) is 14.3. The van der Waals surface area contributed by atoms with Gasteiger partial charge in [0.15, 0.2) is 5.75 Å². The number of aliphatic hydroxyl groups is 1. The summed E-state index contributed by atoms with van der Waals surface area (Å²) < 4.78 is 35.8. The highest BCUT2D eigenvalue weighted by Crippen LogP contribution is 2.48. The number of hydrogen-bond donors (Lipinski definition) is 2. The minimum atomic E-state index is -0.892. The highest BCUT2D eigenvalue weighted by atomic mass is 16.6. The molecule has 0 fully saturated rings. The third-order valence-electron chi connectivity index (χ3n) is 9.12. The van der Waals surface area contributed by atoms with Crippen LogP contribution in [0, 0.1) is 12.8 Å². The normalized spacial score (nSPS) is 14.1. The summed E-state index contributed by atoms with van der Waals surface area (Å²) in [6, 6.07) is 23.8. The predicted octanol–water partition coefficient (Wildman–Crippen LogP) is 10.1. The fraction of sp³-hybridized carbons (Fsp3) is 0.432. The molecule has 2 N–H and O–H groups in total. The lowest BCUT2D eigenvalue weighted by Crippen LogP contribution is -2.27. The van der Waals surface area contributed by atoms with Crippen molar-refractivity contribution >= 4 is 22.6 Å². The van der Waals surface area contributed by atoms with Crippen LogP contribution in [0.3, 0.4) is 0 Å². The number of carbonyl (C=O) groups is 1. The molecule has 0 saturated heterocycles. The van der Waals surface area contributed by atoms with Crippen molar-refractivity contribution in [2.75, 3.05) is 26.6 Å². The van der Waals surface area contributed by atoms with Crippen molar-refractivity contribution in [3.05, 3.63) is 107 Å². The van der Waals surface area contributed by atoms with Crippen LogP contribution < -0.4 is 19.5 Å². The van der Waals surface area contributed by atoms with Crippen molar-refractivity contribution in [2.45, 2.75) is 97.9 Å². The van der Waals surface area contributed by atoms with Crippen LogP contribution in [0.15, 0.2) is 84.9 Å². The maximum atomic E-state index is 12.8. The van der Waals surface area contributed by atoms with Gasteiger partial charge in [0, 0.05) is 22.4 Å². The Kier molecular flexibility index (Phi) is 15.1. The number of anilines is 1. The molecule has 0 saturated carbocycles. The van der Waals surface area contributed by atoms with E-state index < -0.39 is 17.8 Å². The van der Waals surface area contributed by atoms with Crippen LogP contribution in [0.1, 0.15) is 82.2 Å². The molecule has 4 rings (SSSR count). The van der Waals surface area contributed by atoms with Crippen molar-refractivity contribution in [2.24, 2.45) is 5.92 Å². The van der Waals surface area contributed by atoms with Gasteiger partial charge in [0.1, 0.15) is 23.2 Å². The van der Waals surface area contributed by atoms with E-state index in [4.69, 9.17) is 28.4 Å². The quantitative estimate of drug-likeness (QED) is 0.0977. The number of nitrogens with one attached hydrogen (secondary N) is 1. The van der Waals surface area contributed by atoms with Gasteiger partial charge in [0.25, 0.3) is 0 Å². The molecule has 286 valence electrons. The van der Waals surface area contributed by atoms with E-state index in [1.54, 1.807) is 48.2 Å². The summed E-state index contributed by atoms with van der Waals surface area (Å²) in [5.74, 6) is 1.61. The van der Waals surface area contributed by atoms with Crippen LogP contribution in [-0.4, -0.2) is 50.3 Å². The molecule has 0 bridgehead atoms. The van der Waals surface area contributed by atoms with Crippen molar-refractivity contribution in [3.63, 3.8) is 0 Å². The van der Waals surface area contributed by atoms with Crippen LogP contribution in [0.4, 0.5) is 10.5 Å². The number of fused-ring (bicyclic) bond motifs is 1. The maximum Gasteiger partial charge on any atom is 0.412 e. The first-order valence-corrected chi connectivity index (χ1v) is 18.3. The van der Waals surface area contributed by atoms with Crippen LogP contribution in [0.25, 0.3) is 10.8 Å². The minimum absolute atomic E-state index is 0.164. The number of ether oxygens (including phenoxy) is 6. The van der Waals surface area contributed by atoms with Crippen molar-refractivity contribution < 1.29 is 38.3 Å². The number of aliphatic hydroxyl groups excluding tert-OH is 1. The number of amides is 1. The molecule has 4 aromatic rings. The summed E-state index contributed by atoms with van der Waals surface area (Å²) in [5, 5.41) is 16.1. The zero-order valence-corrected chi connectivity index (χ0v) is 32.7. The number of methoxy groups -OCH3 is 3. The van der Waals surface area contributed by atoms with Crippen molar-refractivity contribution in [1.82, 2.24) is 0 Å². The third-order valence-corrected chi connectivity index (χ3v) is 9.12. The van der Waals surface area contributed by atoms with E-state index in [0.717, 1.165) is 23.1 Å². The highest BCUT2D eigenvalue weighted by Gasteiger charge is 2.27. The molecule has 0 aliphatic heterocycles. The van der Waals surface area contributed by atoms with Gasteiger partial charge in [-0.3, -0.25) is 5.32 Å². The Labute approximate surface area is 315 Å². The largest absolute Gasteiger partial charge is 0.496 e. The molecule has 9 nitrogen and oxygen atoms in total. The lowest BCUT2D eigenvalue weighted by molar-refractivity contribution is -0.0558. The number of rotatable bonds is 18. The average Bonchev–Trinajstić information content (AvgIpc) is 3.14. The monoisotopic (exact) mass is 727 g/mol. The Hall–Kier alpha value is -4.57. The summed E-state index contributed by atoms with van der Waals surface area (Å²) in [4.78, 5) is 12.8. The van der Waals surface area contributed by atoms with E-state index in [-0.39, 0.29) is 18.1 Å². The van der Waals surface area contributed by atoms with Gasteiger partial charge in [-0.15, -0.1) is 0 Å². The first-order chi connectivity index (χ1) is 25.4. The van der Waals surface area contributed by atoms with E-state index in [1.165, 1.54) is 0 Å². The van der Waals surface area contributed by atoms with Crippen LogP contribution >= 0.6 is 0 Å². The maximum absolute atomic E-state index is 12.8. The Bertz CT molecular complexity index is 1780. The molecule has 4 atom stereocenters. The second kappa shape index (κ2) is 19.5. The Balaban J connectivity index is 1.59. The van der Waals surface area contributed by atoms with Crippen LogP contribution in [0.2, 0.25) is 0 Å². The Morgan fingerprint density at radius 1 is 0.830 bits per heavy atom. The van der Waals surface area contributed by atoms with Crippen molar-refractivity contribution in [3.8, 4) is 17.2 Å². The predicted molar refractivity (Wildman–Crippen MR) is 211 cm³/mol. The SMILES string of the molecule is CC[C@@H](C=C[C@H](OCc1ccccc1)[C@H](C)OCc1ccccc1)CCC(O)c1c(OC)c(C)cc2c(OC)c(NC(=O)OC(C)(C)C)cc(OC)c12. The fourth-order valence-corrected chi connectivity index (χ4v) is 6.39. The lowest BCUT2D eigenvalue weighted by atomic mass is 9.89. The van der Waals surface area contributed by atoms with Crippen LogP contribution in [-0.2, 0) is 27.4 Å². The van der Waals surface area contributed by atoms with Gasteiger partial charge in [-0.2, -0.15) is 0 Å². The number of hydrogen-bond acceptors (Lipinski definition) is 8. The minimum Gasteiger partial charge on any atom is -0.496 e. The third kappa shape index (κ3) is 11.5. The number of benzene rings is 4. The first-order valence-electron chi connectivity index (χ1n) is 18.3. The summed E-state index contributed by atoms with van der Waals surface area (Å²) in [6.07, 6.45) is 4.34. The van der Waals surface area contributed by atoms with E-state index in [0.29, 0.717) is 65.3 Å². The molecule has 9 heteroatoms. The van der Waals surface area contributed by atoms with Gasteiger partial charge in [-0.05, 0) is 82.6 Å². The molecule has 0 aromatic heterocycles. The molecular weight excluding hydrogens is 670 g/mol. The highest BCUT2D eigenvalue weighted by molar-refractivity contribution is 6.04. The molecule has 4 aromatic carbocycles. The Morgan fingerprint density at radius 3 is 1.98 bits per heavy atom. The van der Waals surface area contributed by atoms with E-state index in [9.17, 15) is 9.90 Å². The Morgan fingerprint density at radius 2 is 1.43 bits per heavy atom. The summed E-state index contributed by atoms with van der Waals surface area (Å²) in [5.41, 5.74) is 3.31. The summed E-state index contributed by atoms with van der Waals surface area (Å²) in [6.45, 7) is 12.5. The molecule has 1 unspecified atom stereocenters.